The zero-order valence-corrected chi connectivity index (χ0v) is 19.5. The maximum Gasteiger partial charge on any atom is 0.176 e. The van der Waals surface area contributed by atoms with Gasteiger partial charge in [0.05, 0.1) is 0 Å². The maximum absolute atomic E-state index is 12.5. The molecule has 0 bridgehead atoms. The highest BCUT2D eigenvalue weighted by Gasteiger charge is 2.42. The smallest absolute Gasteiger partial charge is 0.176 e. The third kappa shape index (κ3) is 4.32. The van der Waals surface area contributed by atoms with Crippen LogP contribution in [0.5, 0.6) is 0 Å². The molecule has 5 aromatic rings. The van der Waals surface area contributed by atoms with Gasteiger partial charge in [0.25, 0.3) is 0 Å². The highest BCUT2D eigenvalue weighted by molar-refractivity contribution is 5.47. The van der Waals surface area contributed by atoms with E-state index in [-0.39, 0.29) is 0 Å². The molecule has 1 unspecified atom stereocenters. The Morgan fingerprint density at radius 1 is 0.611 bits per heavy atom. The van der Waals surface area contributed by atoms with Crippen molar-refractivity contribution < 1.29 is 10.2 Å². The molecular formula is C31H25N3O2. The highest BCUT2D eigenvalue weighted by Crippen LogP contribution is 2.40. The van der Waals surface area contributed by atoms with Gasteiger partial charge in [-0.25, -0.2) is 9.67 Å². The number of nitrogens with zero attached hydrogens (tertiary/aromatic N) is 3. The molecule has 4 aromatic carbocycles. The SMILES string of the molecule is OC(C#CC(n1cncn1)C(O)(c1ccccc1)c1ccccc1)(c1ccccc1)c1ccccc1. The second-order valence-electron chi connectivity index (χ2n) is 8.49. The summed E-state index contributed by atoms with van der Waals surface area (Å²) >= 11 is 0. The molecule has 176 valence electrons. The molecule has 0 fully saturated rings. The Kier molecular flexibility index (Phi) is 6.46. The average Bonchev–Trinajstić information content (AvgIpc) is 3.49. The molecule has 0 aliphatic carbocycles. The number of rotatable bonds is 6. The lowest BCUT2D eigenvalue weighted by molar-refractivity contribution is 0.0399. The van der Waals surface area contributed by atoms with Crippen molar-refractivity contribution >= 4 is 0 Å². The van der Waals surface area contributed by atoms with Gasteiger partial charge in [0.15, 0.2) is 11.6 Å². The van der Waals surface area contributed by atoms with Crippen molar-refractivity contribution in [1.29, 1.82) is 0 Å². The lowest BCUT2D eigenvalue weighted by atomic mass is 9.79. The van der Waals surface area contributed by atoms with E-state index < -0.39 is 17.2 Å². The standard InChI is InChI=1S/C31H25N3O2/c35-30(25-13-5-1-6-14-25,26-15-7-2-8-16-26)22-21-29(34-24-32-23-33-34)31(36,27-17-9-3-10-18-27)28-19-11-4-12-20-28/h1-20,23-24,29,35-36H. The molecule has 0 saturated carbocycles. The van der Waals surface area contributed by atoms with Gasteiger partial charge in [-0.05, 0) is 11.1 Å². The van der Waals surface area contributed by atoms with Gasteiger partial charge in [-0.2, -0.15) is 5.10 Å². The highest BCUT2D eigenvalue weighted by atomic mass is 16.3. The van der Waals surface area contributed by atoms with E-state index in [1.165, 1.54) is 17.3 Å². The Bertz CT molecular complexity index is 1360. The molecule has 1 atom stereocenters. The van der Waals surface area contributed by atoms with Crippen molar-refractivity contribution in [3.05, 3.63) is 156 Å². The van der Waals surface area contributed by atoms with Crippen LogP contribution in [0, 0.1) is 11.8 Å². The third-order valence-electron chi connectivity index (χ3n) is 6.30. The molecule has 5 nitrogen and oxygen atoms in total. The Morgan fingerprint density at radius 2 is 1.03 bits per heavy atom. The van der Waals surface area contributed by atoms with E-state index in [0.717, 1.165) is 0 Å². The fourth-order valence-corrected chi connectivity index (χ4v) is 4.42. The number of aromatic nitrogens is 3. The van der Waals surface area contributed by atoms with E-state index in [1.54, 1.807) is 0 Å². The molecule has 0 aliphatic rings. The molecule has 36 heavy (non-hydrogen) atoms. The lowest BCUT2D eigenvalue weighted by Gasteiger charge is -2.34. The van der Waals surface area contributed by atoms with Gasteiger partial charge in [0.1, 0.15) is 18.3 Å². The first-order valence-electron chi connectivity index (χ1n) is 11.7. The van der Waals surface area contributed by atoms with Crippen LogP contribution in [0.2, 0.25) is 0 Å². The van der Waals surface area contributed by atoms with Crippen molar-refractivity contribution in [2.45, 2.75) is 17.2 Å². The van der Waals surface area contributed by atoms with E-state index in [9.17, 15) is 10.2 Å². The Balaban J connectivity index is 1.74. The predicted octanol–water partition coefficient (Wildman–Crippen LogP) is 4.69. The molecule has 1 aromatic heterocycles. The number of benzene rings is 4. The molecular weight excluding hydrogens is 446 g/mol. The fraction of sp³-hybridized carbons (Fsp3) is 0.0968. The van der Waals surface area contributed by atoms with Gasteiger partial charge in [-0.3, -0.25) is 0 Å². The molecule has 0 saturated heterocycles. The predicted molar refractivity (Wildman–Crippen MR) is 139 cm³/mol. The zero-order valence-electron chi connectivity index (χ0n) is 19.5. The van der Waals surface area contributed by atoms with E-state index >= 15 is 0 Å². The van der Waals surface area contributed by atoms with Gasteiger partial charge in [0.2, 0.25) is 0 Å². The normalized spacial score (nSPS) is 12.4. The molecule has 5 rings (SSSR count). The molecule has 1 heterocycles. The zero-order chi connectivity index (χ0) is 24.8. The van der Waals surface area contributed by atoms with E-state index in [2.05, 4.69) is 21.9 Å². The Labute approximate surface area is 210 Å². The summed E-state index contributed by atoms with van der Waals surface area (Å²) in [5, 5.41) is 28.8. The Hall–Kier alpha value is -4.50. The van der Waals surface area contributed by atoms with Crippen molar-refractivity contribution in [2.24, 2.45) is 0 Å². The molecule has 0 radical (unpaired) electrons. The molecule has 2 N–H and O–H groups in total. The van der Waals surface area contributed by atoms with Crippen LogP contribution in [0.25, 0.3) is 0 Å². The van der Waals surface area contributed by atoms with Crippen LogP contribution in [-0.4, -0.2) is 25.0 Å². The third-order valence-corrected chi connectivity index (χ3v) is 6.30. The number of aliphatic hydroxyl groups is 2. The topological polar surface area (TPSA) is 71.2 Å². The lowest BCUT2D eigenvalue weighted by Crippen LogP contribution is -2.38. The minimum atomic E-state index is -1.62. The van der Waals surface area contributed by atoms with Gasteiger partial charge in [0, 0.05) is 11.1 Å². The maximum atomic E-state index is 12.5. The van der Waals surface area contributed by atoms with Crippen LogP contribution < -0.4 is 0 Å². The van der Waals surface area contributed by atoms with E-state index in [4.69, 9.17) is 0 Å². The minimum Gasteiger partial charge on any atom is -0.377 e. The summed E-state index contributed by atoms with van der Waals surface area (Å²) in [6.07, 6.45) is 2.94. The first kappa shape index (κ1) is 23.3. The van der Waals surface area contributed by atoms with Crippen molar-refractivity contribution in [1.82, 2.24) is 14.8 Å². The first-order chi connectivity index (χ1) is 17.6. The first-order valence-corrected chi connectivity index (χ1v) is 11.7. The average molecular weight is 472 g/mol. The van der Waals surface area contributed by atoms with Crippen LogP contribution in [0.3, 0.4) is 0 Å². The van der Waals surface area contributed by atoms with Gasteiger partial charge in [-0.1, -0.05) is 133 Å². The quantitative estimate of drug-likeness (QED) is 0.353. The van der Waals surface area contributed by atoms with Crippen LogP contribution in [-0.2, 0) is 11.2 Å². The fourth-order valence-electron chi connectivity index (χ4n) is 4.42. The molecule has 0 spiro atoms. The largest absolute Gasteiger partial charge is 0.377 e. The summed E-state index contributed by atoms with van der Waals surface area (Å²) in [6, 6.07) is 36.4. The molecule has 0 amide bonds. The monoisotopic (exact) mass is 471 g/mol. The van der Waals surface area contributed by atoms with Crippen LogP contribution in [0.15, 0.2) is 134 Å². The molecule has 5 heteroatoms. The second kappa shape index (κ2) is 10.0. The van der Waals surface area contributed by atoms with Gasteiger partial charge < -0.3 is 10.2 Å². The van der Waals surface area contributed by atoms with Gasteiger partial charge in [-0.15, -0.1) is 0 Å². The van der Waals surface area contributed by atoms with Crippen molar-refractivity contribution in [3.63, 3.8) is 0 Å². The van der Waals surface area contributed by atoms with Crippen LogP contribution in [0.1, 0.15) is 28.3 Å². The number of hydrogen-bond acceptors (Lipinski definition) is 4. The summed E-state index contributed by atoms with van der Waals surface area (Å²) < 4.78 is 1.53. The summed E-state index contributed by atoms with van der Waals surface area (Å²) in [5.41, 5.74) is -0.649. The number of hydrogen-bond donors (Lipinski definition) is 2. The Morgan fingerprint density at radius 3 is 1.42 bits per heavy atom. The van der Waals surface area contributed by atoms with Crippen molar-refractivity contribution in [2.75, 3.05) is 0 Å². The second-order valence-corrected chi connectivity index (χ2v) is 8.49. The minimum absolute atomic E-state index is 0.629. The summed E-state index contributed by atoms with van der Waals surface area (Å²) in [6.45, 7) is 0. The van der Waals surface area contributed by atoms with Gasteiger partial charge >= 0.3 is 0 Å². The summed E-state index contributed by atoms with van der Waals surface area (Å²) in [4.78, 5) is 4.12. The van der Waals surface area contributed by atoms with Crippen molar-refractivity contribution in [3.8, 4) is 11.8 Å². The van der Waals surface area contributed by atoms with E-state index in [0.29, 0.717) is 22.3 Å². The van der Waals surface area contributed by atoms with E-state index in [1.807, 2.05) is 121 Å². The summed E-state index contributed by atoms with van der Waals surface area (Å²) in [5.74, 6) is 6.33. The summed E-state index contributed by atoms with van der Waals surface area (Å²) in [7, 11) is 0. The molecule has 0 aliphatic heterocycles. The van der Waals surface area contributed by atoms with Crippen LogP contribution in [0.4, 0.5) is 0 Å². The van der Waals surface area contributed by atoms with Crippen LogP contribution >= 0.6 is 0 Å².